The smallest absolute Gasteiger partial charge is 0.351 e. The molecular weight excluding hydrogens is 341 g/mol. The van der Waals surface area contributed by atoms with Gasteiger partial charge in [0.05, 0.1) is 5.56 Å². The van der Waals surface area contributed by atoms with Crippen molar-refractivity contribution in [2.24, 2.45) is 5.92 Å². The van der Waals surface area contributed by atoms with Gasteiger partial charge < -0.3 is 9.88 Å². The lowest BCUT2D eigenvalue weighted by Gasteiger charge is -2.23. The van der Waals surface area contributed by atoms with E-state index in [2.05, 4.69) is 10.3 Å². The van der Waals surface area contributed by atoms with Crippen LogP contribution < -0.4 is 5.32 Å². The van der Waals surface area contributed by atoms with Gasteiger partial charge in [0.1, 0.15) is 16.8 Å². The molecule has 1 aliphatic rings. The number of halogens is 3. The lowest BCUT2D eigenvalue weighted by Crippen LogP contribution is -2.33. The van der Waals surface area contributed by atoms with Gasteiger partial charge in [-0.25, -0.2) is 4.98 Å². The van der Waals surface area contributed by atoms with Gasteiger partial charge in [0, 0.05) is 25.7 Å². The number of nitriles is 1. The van der Waals surface area contributed by atoms with Crippen molar-refractivity contribution in [3.63, 3.8) is 0 Å². The van der Waals surface area contributed by atoms with Crippen LogP contribution >= 0.6 is 11.3 Å². The van der Waals surface area contributed by atoms with Gasteiger partial charge in [0.15, 0.2) is 5.69 Å². The second kappa shape index (κ2) is 6.28. The van der Waals surface area contributed by atoms with Crippen LogP contribution in [0.3, 0.4) is 0 Å². The fourth-order valence-electron chi connectivity index (χ4n) is 2.71. The highest BCUT2D eigenvalue weighted by Gasteiger charge is 2.35. The Kier molecular flexibility index (Phi) is 4.32. The molecular formula is C15H13F3N4OS. The molecule has 0 bridgehead atoms. The highest BCUT2D eigenvalue weighted by atomic mass is 32.1. The summed E-state index contributed by atoms with van der Waals surface area (Å²) in [6.45, 7) is 0.731. The summed E-state index contributed by atoms with van der Waals surface area (Å²) in [7, 11) is 0. The first-order valence-corrected chi connectivity index (χ1v) is 8.15. The number of fused-ring (bicyclic) bond motifs is 1. The number of nitrogens with one attached hydrogen (secondary N) is 1. The van der Waals surface area contributed by atoms with Crippen molar-refractivity contribution < 1.29 is 18.0 Å². The molecule has 0 saturated carbocycles. The Labute approximate surface area is 139 Å². The number of hydrogen-bond donors (Lipinski definition) is 1. The fourth-order valence-corrected chi connectivity index (χ4v) is 3.47. The summed E-state index contributed by atoms with van der Waals surface area (Å²) in [5, 5.41) is 13.4. The van der Waals surface area contributed by atoms with Gasteiger partial charge in [-0.15, -0.1) is 11.3 Å². The van der Waals surface area contributed by atoms with Crippen LogP contribution in [0.15, 0.2) is 17.6 Å². The van der Waals surface area contributed by atoms with Gasteiger partial charge in [0.2, 0.25) is 0 Å². The first-order chi connectivity index (χ1) is 11.4. The maximum atomic E-state index is 12.7. The lowest BCUT2D eigenvalue weighted by molar-refractivity contribution is -0.141. The number of alkyl halides is 3. The summed E-state index contributed by atoms with van der Waals surface area (Å²) >= 11 is 1.19. The molecule has 0 saturated heterocycles. The van der Waals surface area contributed by atoms with Crippen LogP contribution in [0.2, 0.25) is 0 Å². The molecule has 3 rings (SSSR count). The molecule has 1 aliphatic heterocycles. The molecule has 2 aromatic rings. The Morgan fingerprint density at radius 1 is 1.54 bits per heavy atom. The average Bonchev–Trinajstić information content (AvgIpc) is 3.17. The van der Waals surface area contributed by atoms with Crippen molar-refractivity contribution in [1.29, 1.82) is 5.26 Å². The molecule has 3 heterocycles. The maximum absolute atomic E-state index is 12.7. The molecule has 9 heteroatoms. The minimum atomic E-state index is -4.44. The van der Waals surface area contributed by atoms with E-state index in [1.807, 2.05) is 6.07 Å². The molecule has 1 atom stereocenters. The molecule has 0 aliphatic carbocycles. The average molecular weight is 354 g/mol. The molecule has 1 N–H and O–H groups in total. The zero-order valence-electron chi connectivity index (χ0n) is 12.4. The number of amides is 1. The van der Waals surface area contributed by atoms with E-state index in [0.717, 1.165) is 6.20 Å². The summed E-state index contributed by atoms with van der Waals surface area (Å²) in [6, 6.07) is 3.53. The number of aromatic nitrogens is 2. The van der Waals surface area contributed by atoms with E-state index < -0.39 is 11.9 Å². The molecule has 24 heavy (non-hydrogen) atoms. The third kappa shape index (κ3) is 3.28. The zero-order chi connectivity index (χ0) is 17.3. The molecule has 5 nitrogen and oxygen atoms in total. The van der Waals surface area contributed by atoms with Gasteiger partial charge in [0.25, 0.3) is 5.91 Å². The van der Waals surface area contributed by atoms with E-state index in [1.54, 1.807) is 11.4 Å². The first-order valence-electron chi connectivity index (χ1n) is 7.27. The lowest BCUT2D eigenvalue weighted by atomic mass is 9.99. The predicted molar refractivity (Wildman–Crippen MR) is 80.4 cm³/mol. The number of carbonyl (C=O) groups excluding carboxylic acids is 1. The molecule has 1 amide bonds. The predicted octanol–water partition coefficient (Wildman–Crippen LogP) is 2.83. The summed E-state index contributed by atoms with van der Waals surface area (Å²) < 4.78 is 39.6. The molecule has 0 spiro atoms. The van der Waals surface area contributed by atoms with Crippen molar-refractivity contribution in [2.75, 3.05) is 6.54 Å². The van der Waals surface area contributed by atoms with E-state index >= 15 is 0 Å². The summed E-state index contributed by atoms with van der Waals surface area (Å²) in [4.78, 5) is 16.1. The quantitative estimate of drug-likeness (QED) is 0.921. The van der Waals surface area contributed by atoms with Crippen LogP contribution in [0.5, 0.6) is 0 Å². The van der Waals surface area contributed by atoms with Crippen LogP contribution in [0.25, 0.3) is 0 Å². The molecule has 2 aromatic heterocycles. The Hall–Kier alpha value is -2.34. The number of thiophene rings is 1. The van der Waals surface area contributed by atoms with Crippen molar-refractivity contribution in [2.45, 2.75) is 25.6 Å². The highest BCUT2D eigenvalue weighted by molar-refractivity contribution is 7.12. The van der Waals surface area contributed by atoms with Gasteiger partial charge in [-0.05, 0) is 23.8 Å². The molecule has 0 radical (unpaired) electrons. The molecule has 0 unspecified atom stereocenters. The number of hydrogen-bond acceptors (Lipinski definition) is 4. The van der Waals surface area contributed by atoms with Gasteiger partial charge >= 0.3 is 6.18 Å². The minimum Gasteiger partial charge on any atom is -0.351 e. The number of nitrogens with zero attached hydrogens (tertiary/aromatic N) is 3. The van der Waals surface area contributed by atoms with E-state index in [-0.39, 0.29) is 11.8 Å². The summed E-state index contributed by atoms with van der Waals surface area (Å²) in [6.07, 6.45) is -2.32. The van der Waals surface area contributed by atoms with Crippen LogP contribution in [-0.2, 0) is 19.1 Å². The van der Waals surface area contributed by atoms with Crippen LogP contribution in [0.1, 0.15) is 33.2 Å². The number of carbonyl (C=O) groups is 1. The summed E-state index contributed by atoms with van der Waals surface area (Å²) in [5.74, 6) is 0.131. The zero-order valence-corrected chi connectivity index (χ0v) is 13.2. The van der Waals surface area contributed by atoms with Crippen molar-refractivity contribution in [3.8, 4) is 6.07 Å². The third-order valence-corrected chi connectivity index (χ3v) is 4.84. The molecule has 126 valence electrons. The first kappa shape index (κ1) is 16.5. The number of imidazole rings is 1. The molecule has 0 aromatic carbocycles. The van der Waals surface area contributed by atoms with Gasteiger partial charge in [-0.2, -0.15) is 18.4 Å². The fraction of sp³-hybridized carbons (Fsp3) is 0.400. The van der Waals surface area contributed by atoms with E-state index in [9.17, 15) is 18.0 Å². The third-order valence-electron chi connectivity index (χ3n) is 3.92. The van der Waals surface area contributed by atoms with E-state index in [4.69, 9.17) is 5.26 Å². The van der Waals surface area contributed by atoms with Crippen molar-refractivity contribution >= 4 is 17.2 Å². The van der Waals surface area contributed by atoms with Crippen molar-refractivity contribution in [3.05, 3.63) is 39.6 Å². The number of rotatable bonds is 3. The topological polar surface area (TPSA) is 70.7 Å². The summed E-state index contributed by atoms with van der Waals surface area (Å²) in [5.41, 5.74) is -0.549. The Morgan fingerprint density at radius 3 is 3.04 bits per heavy atom. The van der Waals surface area contributed by atoms with E-state index in [0.29, 0.717) is 42.2 Å². The van der Waals surface area contributed by atoms with Crippen LogP contribution in [0, 0.1) is 17.2 Å². The second-order valence-corrected chi connectivity index (χ2v) is 6.50. The maximum Gasteiger partial charge on any atom is 0.434 e. The Balaban J connectivity index is 1.61. The SMILES string of the molecule is N#Cc1ccsc1C(=O)NC[C@@H]1CCc2nc(C(F)(F)F)cn2C1. The Bertz CT molecular complexity index is 802. The van der Waals surface area contributed by atoms with E-state index in [1.165, 1.54) is 15.9 Å². The highest BCUT2D eigenvalue weighted by Crippen LogP contribution is 2.30. The largest absolute Gasteiger partial charge is 0.434 e. The minimum absolute atomic E-state index is 0.0298. The Morgan fingerprint density at radius 2 is 2.33 bits per heavy atom. The normalized spacial score (nSPS) is 17.2. The van der Waals surface area contributed by atoms with Gasteiger partial charge in [-0.3, -0.25) is 4.79 Å². The van der Waals surface area contributed by atoms with Crippen LogP contribution in [-0.4, -0.2) is 22.0 Å². The molecule has 0 fully saturated rings. The van der Waals surface area contributed by atoms with Gasteiger partial charge in [-0.1, -0.05) is 0 Å². The second-order valence-electron chi connectivity index (χ2n) is 5.58. The van der Waals surface area contributed by atoms with Crippen LogP contribution in [0.4, 0.5) is 13.2 Å². The monoisotopic (exact) mass is 354 g/mol. The number of aryl methyl sites for hydroxylation is 1. The standard InChI is InChI=1S/C15H13F3N4OS/c16-15(17,18)11-8-22-7-9(1-2-12(22)21-11)6-20-14(23)13-10(5-19)3-4-24-13/h3-4,8-9H,1-2,6-7H2,(H,20,23)/t9-/m0/s1. The van der Waals surface area contributed by atoms with Crippen molar-refractivity contribution in [1.82, 2.24) is 14.9 Å².